The molecule has 27 heavy (non-hydrogen) atoms. The van der Waals surface area contributed by atoms with E-state index in [9.17, 15) is 13.2 Å². The standard InChI is InChI=1S/C19H23N3O3S2/c1-11-8-16-9-15(6-7-17(16)22(11)27(5,24)25)18(23)10-26-19-20-13(3)12(2)14(4)21-19/h6-7,9,11H,8,10H2,1-5H3/t11-/m0/s1. The summed E-state index contributed by atoms with van der Waals surface area (Å²) in [5.74, 6) is 0.222. The monoisotopic (exact) mass is 405 g/mol. The summed E-state index contributed by atoms with van der Waals surface area (Å²) in [5, 5.41) is 0.599. The van der Waals surface area contributed by atoms with Gasteiger partial charge in [0.15, 0.2) is 10.9 Å². The van der Waals surface area contributed by atoms with E-state index in [0.717, 1.165) is 22.5 Å². The summed E-state index contributed by atoms with van der Waals surface area (Å²) in [6.45, 7) is 7.73. The van der Waals surface area contributed by atoms with Gasteiger partial charge in [0.1, 0.15) is 0 Å². The Morgan fingerprint density at radius 2 is 1.85 bits per heavy atom. The summed E-state index contributed by atoms with van der Waals surface area (Å²) in [6, 6.07) is 5.10. The maximum absolute atomic E-state index is 12.6. The van der Waals surface area contributed by atoms with Gasteiger partial charge in [0.2, 0.25) is 10.0 Å². The summed E-state index contributed by atoms with van der Waals surface area (Å²) in [4.78, 5) is 21.5. The Morgan fingerprint density at radius 1 is 1.22 bits per heavy atom. The quantitative estimate of drug-likeness (QED) is 0.432. The Hall–Kier alpha value is -1.93. The molecule has 0 saturated heterocycles. The van der Waals surface area contributed by atoms with Crippen molar-refractivity contribution in [3.63, 3.8) is 0 Å². The molecular weight excluding hydrogens is 382 g/mol. The number of Topliss-reactive ketones (excluding diaryl/α,β-unsaturated/α-hetero) is 1. The lowest BCUT2D eigenvalue weighted by Crippen LogP contribution is -2.34. The van der Waals surface area contributed by atoms with Crippen molar-refractivity contribution in [2.45, 2.75) is 45.3 Å². The van der Waals surface area contributed by atoms with Gasteiger partial charge in [-0.05, 0) is 63.4 Å². The SMILES string of the molecule is Cc1nc(SCC(=O)c2ccc3c(c2)C[C@H](C)N3S(C)(=O)=O)nc(C)c1C. The van der Waals surface area contributed by atoms with Gasteiger partial charge in [0.25, 0.3) is 0 Å². The number of carbonyl (C=O) groups is 1. The fourth-order valence-corrected chi connectivity index (χ4v) is 5.39. The van der Waals surface area contributed by atoms with Crippen LogP contribution in [0.4, 0.5) is 5.69 Å². The number of hydrogen-bond acceptors (Lipinski definition) is 6. The molecule has 2 aromatic rings. The van der Waals surface area contributed by atoms with Crippen LogP contribution in [0, 0.1) is 20.8 Å². The van der Waals surface area contributed by atoms with Crippen LogP contribution in [0.3, 0.4) is 0 Å². The van der Waals surface area contributed by atoms with E-state index >= 15 is 0 Å². The van der Waals surface area contributed by atoms with Crippen LogP contribution < -0.4 is 4.31 Å². The number of sulfonamides is 1. The lowest BCUT2D eigenvalue weighted by molar-refractivity contribution is 0.102. The van der Waals surface area contributed by atoms with Crippen molar-refractivity contribution in [1.29, 1.82) is 0 Å². The zero-order valence-corrected chi connectivity index (χ0v) is 17.7. The van der Waals surface area contributed by atoms with E-state index in [0.29, 0.717) is 22.8 Å². The molecule has 0 bridgehead atoms. The average Bonchev–Trinajstić information content (AvgIpc) is 2.92. The largest absolute Gasteiger partial charge is 0.293 e. The Balaban J connectivity index is 1.77. The highest BCUT2D eigenvalue weighted by atomic mass is 32.2. The lowest BCUT2D eigenvalue weighted by atomic mass is 10.0. The smallest absolute Gasteiger partial charge is 0.232 e. The molecule has 0 unspecified atom stereocenters. The van der Waals surface area contributed by atoms with Crippen LogP contribution in [-0.4, -0.2) is 42.2 Å². The third kappa shape index (κ3) is 4.01. The highest BCUT2D eigenvalue weighted by Crippen LogP contribution is 2.35. The van der Waals surface area contributed by atoms with Gasteiger partial charge in [-0.25, -0.2) is 18.4 Å². The van der Waals surface area contributed by atoms with E-state index in [1.54, 1.807) is 12.1 Å². The number of ketones is 1. The molecule has 2 heterocycles. The van der Waals surface area contributed by atoms with Crippen molar-refractivity contribution in [1.82, 2.24) is 9.97 Å². The van der Waals surface area contributed by atoms with Gasteiger partial charge in [-0.15, -0.1) is 0 Å². The van der Waals surface area contributed by atoms with Crippen LogP contribution in [0.5, 0.6) is 0 Å². The molecule has 1 aliphatic heterocycles. The molecule has 0 saturated carbocycles. The number of thioether (sulfide) groups is 1. The molecule has 0 radical (unpaired) electrons. The Morgan fingerprint density at radius 3 is 2.44 bits per heavy atom. The van der Waals surface area contributed by atoms with E-state index < -0.39 is 10.0 Å². The third-order valence-electron chi connectivity index (χ3n) is 4.86. The summed E-state index contributed by atoms with van der Waals surface area (Å²) >= 11 is 1.32. The number of nitrogens with zero attached hydrogens (tertiary/aromatic N) is 3. The van der Waals surface area contributed by atoms with Crippen molar-refractivity contribution >= 4 is 33.3 Å². The second kappa shape index (κ2) is 7.24. The zero-order chi connectivity index (χ0) is 19.9. The topological polar surface area (TPSA) is 80.2 Å². The van der Waals surface area contributed by atoms with E-state index in [1.807, 2.05) is 33.8 Å². The second-order valence-corrected chi connectivity index (χ2v) is 9.77. The molecule has 1 aromatic carbocycles. The molecule has 1 aliphatic rings. The predicted molar refractivity (Wildman–Crippen MR) is 108 cm³/mol. The second-order valence-electron chi connectivity index (χ2n) is 6.97. The Labute approximate surface area is 164 Å². The number of benzene rings is 1. The maximum Gasteiger partial charge on any atom is 0.232 e. The van der Waals surface area contributed by atoms with Crippen molar-refractivity contribution in [2.75, 3.05) is 16.3 Å². The molecule has 3 rings (SSSR count). The van der Waals surface area contributed by atoms with Crippen LogP contribution >= 0.6 is 11.8 Å². The first kappa shape index (κ1) is 19.8. The van der Waals surface area contributed by atoms with Gasteiger partial charge in [0.05, 0.1) is 17.7 Å². The van der Waals surface area contributed by atoms with Crippen LogP contribution in [0.25, 0.3) is 0 Å². The van der Waals surface area contributed by atoms with Gasteiger partial charge in [-0.3, -0.25) is 9.10 Å². The number of hydrogen-bond donors (Lipinski definition) is 0. The fraction of sp³-hybridized carbons (Fsp3) is 0.421. The third-order valence-corrected chi connectivity index (χ3v) is 6.97. The molecule has 0 aliphatic carbocycles. The van der Waals surface area contributed by atoms with E-state index in [1.165, 1.54) is 22.3 Å². The first-order valence-corrected chi connectivity index (χ1v) is 11.5. The molecule has 144 valence electrons. The number of carbonyl (C=O) groups excluding carboxylic acids is 1. The van der Waals surface area contributed by atoms with Gasteiger partial charge in [0, 0.05) is 23.0 Å². The number of rotatable bonds is 5. The highest BCUT2D eigenvalue weighted by Gasteiger charge is 2.32. The average molecular weight is 406 g/mol. The van der Waals surface area contributed by atoms with Gasteiger partial charge >= 0.3 is 0 Å². The molecule has 1 aromatic heterocycles. The summed E-state index contributed by atoms with van der Waals surface area (Å²) in [6.07, 6.45) is 1.82. The fourth-order valence-electron chi connectivity index (χ4n) is 3.30. The normalized spacial score (nSPS) is 16.5. The summed E-state index contributed by atoms with van der Waals surface area (Å²) in [7, 11) is -3.33. The zero-order valence-electron chi connectivity index (χ0n) is 16.1. The Bertz CT molecular complexity index is 996. The number of anilines is 1. The molecule has 0 spiro atoms. The molecule has 0 amide bonds. The van der Waals surface area contributed by atoms with Crippen LogP contribution in [0.15, 0.2) is 23.4 Å². The van der Waals surface area contributed by atoms with Crippen LogP contribution in [-0.2, 0) is 16.4 Å². The lowest BCUT2D eigenvalue weighted by Gasteiger charge is -2.21. The van der Waals surface area contributed by atoms with E-state index in [2.05, 4.69) is 9.97 Å². The maximum atomic E-state index is 12.6. The van der Waals surface area contributed by atoms with Crippen molar-refractivity contribution in [2.24, 2.45) is 0 Å². The van der Waals surface area contributed by atoms with E-state index in [4.69, 9.17) is 0 Å². The first-order valence-electron chi connectivity index (χ1n) is 8.68. The minimum Gasteiger partial charge on any atom is -0.293 e. The van der Waals surface area contributed by atoms with Crippen LogP contribution in [0.1, 0.15) is 39.8 Å². The summed E-state index contributed by atoms with van der Waals surface area (Å²) in [5.41, 5.74) is 5.05. The number of aryl methyl sites for hydroxylation is 2. The number of fused-ring (bicyclic) bond motifs is 1. The van der Waals surface area contributed by atoms with Crippen molar-refractivity contribution in [3.05, 3.63) is 46.3 Å². The highest BCUT2D eigenvalue weighted by molar-refractivity contribution is 7.99. The van der Waals surface area contributed by atoms with E-state index in [-0.39, 0.29) is 17.6 Å². The molecule has 6 nitrogen and oxygen atoms in total. The Kier molecular flexibility index (Phi) is 5.31. The van der Waals surface area contributed by atoms with Gasteiger partial charge in [-0.1, -0.05) is 11.8 Å². The molecule has 0 fully saturated rings. The predicted octanol–water partition coefficient (Wildman–Crippen LogP) is 3.09. The molecule has 0 N–H and O–H groups in total. The van der Waals surface area contributed by atoms with Crippen LogP contribution in [0.2, 0.25) is 0 Å². The van der Waals surface area contributed by atoms with Crippen molar-refractivity contribution < 1.29 is 13.2 Å². The molecular formula is C19H23N3O3S2. The minimum absolute atomic E-state index is 0.0206. The molecule has 1 atom stereocenters. The first-order chi connectivity index (χ1) is 12.6. The van der Waals surface area contributed by atoms with Crippen molar-refractivity contribution in [3.8, 4) is 0 Å². The number of aromatic nitrogens is 2. The van der Waals surface area contributed by atoms with Gasteiger partial charge in [-0.2, -0.15) is 0 Å². The van der Waals surface area contributed by atoms with Gasteiger partial charge < -0.3 is 0 Å². The molecule has 8 heteroatoms. The minimum atomic E-state index is -3.33. The summed E-state index contributed by atoms with van der Waals surface area (Å²) < 4.78 is 25.4.